The van der Waals surface area contributed by atoms with Gasteiger partial charge in [0.15, 0.2) is 0 Å². The molecule has 0 unspecified atom stereocenters. The number of hydrogen-bond donors (Lipinski definition) is 2. The zero-order chi connectivity index (χ0) is 6.08. The standard InChI is InChI=1S/C5H11NO/c1-4(6)5(2,3)7/h7H,1,6H2,2-3H3. The van der Waals surface area contributed by atoms with E-state index in [-0.39, 0.29) is 0 Å². The van der Waals surface area contributed by atoms with Gasteiger partial charge in [0.1, 0.15) is 0 Å². The molecule has 0 aliphatic heterocycles. The van der Waals surface area contributed by atoms with Gasteiger partial charge >= 0.3 is 0 Å². The van der Waals surface area contributed by atoms with Crippen molar-refractivity contribution in [2.24, 2.45) is 5.73 Å². The van der Waals surface area contributed by atoms with Gasteiger partial charge in [-0.1, -0.05) is 6.58 Å². The molecule has 0 aromatic rings. The minimum Gasteiger partial charge on any atom is -0.400 e. The van der Waals surface area contributed by atoms with E-state index in [1.54, 1.807) is 13.8 Å². The van der Waals surface area contributed by atoms with Gasteiger partial charge in [0.25, 0.3) is 0 Å². The van der Waals surface area contributed by atoms with Crippen molar-refractivity contribution >= 4 is 0 Å². The van der Waals surface area contributed by atoms with Gasteiger partial charge in [-0.2, -0.15) is 0 Å². The van der Waals surface area contributed by atoms with E-state index in [9.17, 15) is 0 Å². The average Bonchev–Trinajstić information content (AvgIpc) is 1.31. The molecular formula is C5H11NO. The number of nitrogens with two attached hydrogens (primary N) is 1. The van der Waals surface area contributed by atoms with E-state index in [1.807, 2.05) is 0 Å². The summed E-state index contributed by atoms with van der Waals surface area (Å²) in [5.41, 5.74) is 4.51. The highest BCUT2D eigenvalue weighted by molar-refractivity contribution is 5.01. The van der Waals surface area contributed by atoms with Crippen molar-refractivity contribution in [1.82, 2.24) is 0 Å². The van der Waals surface area contributed by atoms with E-state index >= 15 is 0 Å². The quantitative estimate of drug-likeness (QED) is 0.496. The van der Waals surface area contributed by atoms with Gasteiger partial charge in [-0.25, -0.2) is 0 Å². The normalized spacial score (nSPS) is 11.3. The van der Waals surface area contributed by atoms with Gasteiger partial charge in [0, 0.05) is 5.70 Å². The molecule has 0 atom stereocenters. The van der Waals surface area contributed by atoms with Crippen molar-refractivity contribution in [3.8, 4) is 0 Å². The third kappa shape index (κ3) is 2.23. The lowest BCUT2D eigenvalue weighted by Crippen LogP contribution is -2.26. The maximum Gasteiger partial charge on any atom is 0.0976 e. The molecule has 0 aromatic heterocycles. The molecule has 3 N–H and O–H groups in total. The lowest BCUT2D eigenvalue weighted by Gasteiger charge is -2.15. The number of rotatable bonds is 1. The minimum atomic E-state index is -0.917. The molecule has 0 amide bonds. The second kappa shape index (κ2) is 1.54. The molecule has 0 bridgehead atoms. The Balaban J connectivity index is 3.79. The van der Waals surface area contributed by atoms with Crippen LogP contribution in [0.5, 0.6) is 0 Å². The maximum atomic E-state index is 8.87. The Morgan fingerprint density at radius 1 is 1.71 bits per heavy atom. The lowest BCUT2D eigenvalue weighted by molar-refractivity contribution is 0.119. The summed E-state index contributed by atoms with van der Waals surface area (Å²) in [5, 5.41) is 8.87. The Morgan fingerprint density at radius 2 is 1.86 bits per heavy atom. The molecule has 42 valence electrons. The molecule has 2 nitrogen and oxygen atoms in total. The molecule has 0 saturated heterocycles. The molecular weight excluding hydrogens is 90.1 g/mol. The van der Waals surface area contributed by atoms with Crippen molar-refractivity contribution in [3.63, 3.8) is 0 Å². The first kappa shape index (κ1) is 6.50. The Labute approximate surface area is 43.6 Å². The van der Waals surface area contributed by atoms with E-state index < -0.39 is 5.60 Å². The molecule has 0 spiro atoms. The predicted molar refractivity (Wildman–Crippen MR) is 29.6 cm³/mol. The zero-order valence-corrected chi connectivity index (χ0v) is 4.73. The van der Waals surface area contributed by atoms with Gasteiger partial charge in [0.2, 0.25) is 0 Å². The monoisotopic (exact) mass is 101 g/mol. The summed E-state index contributed by atoms with van der Waals surface area (Å²) in [4.78, 5) is 0. The summed E-state index contributed by atoms with van der Waals surface area (Å²) >= 11 is 0. The van der Waals surface area contributed by atoms with Gasteiger partial charge in [0.05, 0.1) is 5.60 Å². The first-order valence-electron chi connectivity index (χ1n) is 2.12. The summed E-state index contributed by atoms with van der Waals surface area (Å²) < 4.78 is 0. The predicted octanol–water partition coefficient (Wildman–Crippen LogP) is 0.230. The fourth-order valence-corrected chi connectivity index (χ4v) is 0. The van der Waals surface area contributed by atoms with E-state index in [4.69, 9.17) is 10.8 Å². The second-order valence-electron chi connectivity index (χ2n) is 2.08. The highest BCUT2D eigenvalue weighted by Crippen LogP contribution is 2.05. The van der Waals surface area contributed by atoms with Gasteiger partial charge < -0.3 is 10.8 Å². The van der Waals surface area contributed by atoms with Crippen molar-refractivity contribution in [2.45, 2.75) is 19.4 Å². The average molecular weight is 101 g/mol. The van der Waals surface area contributed by atoms with Gasteiger partial charge in [-0.3, -0.25) is 0 Å². The van der Waals surface area contributed by atoms with Gasteiger partial charge in [-0.15, -0.1) is 0 Å². The SMILES string of the molecule is C=C(N)C(C)(C)O. The fraction of sp³-hybridized carbons (Fsp3) is 0.600. The maximum absolute atomic E-state index is 8.87. The van der Waals surface area contributed by atoms with Crippen LogP contribution in [0.1, 0.15) is 13.8 Å². The molecule has 7 heavy (non-hydrogen) atoms. The zero-order valence-electron chi connectivity index (χ0n) is 4.73. The van der Waals surface area contributed by atoms with Crippen LogP contribution in [0.25, 0.3) is 0 Å². The Hall–Kier alpha value is -0.500. The molecule has 0 radical (unpaired) electrons. The second-order valence-corrected chi connectivity index (χ2v) is 2.08. The van der Waals surface area contributed by atoms with Crippen LogP contribution in [0.2, 0.25) is 0 Å². The molecule has 0 fully saturated rings. The largest absolute Gasteiger partial charge is 0.400 e. The van der Waals surface area contributed by atoms with Gasteiger partial charge in [-0.05, 0) is 13.8 Å². The Kier molecular flexibility index (Phi) is 1.43. The van der Waals surface area contributed by atoms with Crippen LogP contribution in [0.15, 0.2) is 12.3 Å². The highest BCUT2D eigenvalue weighted by atomic mass is 16.3. The third-order valence-corrected chi connectivity index (χ3v) is 0.786. The first-order valence-corrected chi connectivity index (χ1v) is 2.12. The van der Waals surface area contributed by atoms with Crippen molar-refractivity contribution in [1.29, 1.82) is 0 Å². The lowest BCUT2D eigenvalue weighted by atomic mass is 10.1. The Morgan fingerprint density at radius 3 is 1.86 bits per heavy atom. The van der Waals surface area contributed by atoms with Crippen molar-refractivity contribution in [2.75, 3.05) is 0 Å². The van der Waals surface area contributed by atoms with Crippen LogP contribution in [-0.4, -0.2) is 10.7 Å². The molecule has 0 aliphatic carbocycles. The number of hydrogen-bond acceptors (Lipinski definition) is 2. The minimum absolute atomic E-state index is 0.299. The van der Waals surface area contributed by atoms with E-state index in [0.717, 1.165) is 0 Å². The first-order chi connectivity index (χ1) is 2.94. The molecule has 0 saturated carbocycles. The third-order valence-electron chi connectivity index (χ3n) is 0.786. The van der Waals surface area contributed by atoms with Crippen LogP contribution >= 0.6 is 0 Å². The van der Waals surface area contributed by atoms with E-state index in [1.165, 1.54) is 0 Å². The fourth-order valence-electron chi connectivity index (χ4n) is 0. The molecule has 0 heterocycles. The summed E-state index contributed by atoms with van der Waals surface area (Å²) in [6.45, 7) is 6.54. The van der Waals surface area contributed by atoms with Crippen LogP contribution in [0, 0.1) is 0 Å². The summed E-state index contributed by atoms with van der Waals surface area (Å²) in [6.07, 6.45) is 0. The van der Waals surface area contributed by atoms with Crippen LogP contribution in [0.4, 0.5) is 0 Å². The van der Waals surface area contributed by atoms with E-state index in [2.05, 4.69) is 6.58 Å². The topological polar surface area (TPSA) is 46.2 Å². The molecule has 0 aliphatic rings. The summed E-state index contributed by atoms with van der Waals surface area (Å²) in [5.74, 6) is 0. The van der Waals surface area contributed by atoms with Crippen LogP contribution < -0.4 is 5.73 Å². The van der Waals surface area contributed by atoms with Crippen LogP contribution in [0.3, 0.4) is 0 Å². The van der Waals surface area contributed by atoms with Crippen LogP contribution in [-0.2, 0) is 0 Å². The number of aliphatic hydroxyl groups is 1. The van der Waals surface area contributed by atoms with Crippen molar-refractivity contribution < 1.29 is 5.11 Å². The molecule has 0 aromatic carbocycles. The highest BCUT2D eigenvalue weighted by Gasteiger charge is 2.12. The summed E-state index contributed by atoms with van der Waals surface area (Å²) in [6, 6.07) is 0. The van der Waals surface area contributed by atoms with Crippen molar-refractivity contribution in [3.05, 3.63) is 12.3 Å². The molecule has 0 rings (SSSR count). The molecule has 2 heteroatoms. The smallest absolute Gasteiger partial charge is 0.0976 e. The van der Waals surface area contributed by atoms with E-state index in [0.29, 0.717) is 5.70 Å². The summed E-state index contributed by atoms with van der Waals surface area (Å²) in [7, 11) is 0. The Bertz CT molecular complexity index is 80.6.